The molecule has 0 saturated carbocycles. The molecule has 0 atom stereocenters. The fourth-order valence-corrected chi connectivity index (χ4v) is 1.98. The molecule has 2 aromatic rings. The van der Waals surface area contributed by atoms with Gasteiger partial charge in [0.15, 0.2) is 0 Å². The van der Waals surface area contributed by atoms with Gasteiger partial charge in [0.2, 0.25) is 0 Å². The number of terminal acetylenes is 1. The molecular formula is C16H13BrO2. The van der Waals surface area contributed by atoms with E-state index < -0.39 is 0 Å². The predicted molar refractivity (Wildman–Crippen MR) is 79.4 cm³/mol. The van der Waals surface area contributed by atoms with Crippen LogP contribution in [0.5, 0.6) is 11.5 Å². The average molecular weight is 317 g/mol. The van der Waals surface area contributed by atoms with Crippen LogP contribution in [0.3, 0.4) is 0 Å². The van der Waals surface area contributed by atoms with E-state index >= 15 is 0 Å². The number of benzene rings is 2. The molecule has 0 spiro atoms. The third-order valence-electron chi connectivity index (χ3n) is 2.65. The highest BCUT2D eigenvalue weighted by molar-refractivity contribution is 9.10. The summed E-state index contributed by atoms with van der Waals surface area (Å²) in [5, 5.41) is 0. The summed E-state index contributed by atoms with van der Waals surface area (Å²) in [7, 11) is 1.65. The van der Waals surface area contributed by atoms with E-state index in [2.05, 4.69) is 21.9 Å². The van der Waals surface area contributed by atoms with E-state index in [1.165, 1.54) is 0 Å². The highest BCUT2D eigenvalue weighted by Gasteiger charge is 2.03. The Labute approximate surface area is 121 Å². The summed E-state index contributed by atoms with van der Waals surface area (Å²) < 4.78 is 11.8. The van der Waals surface area contributed by atoms with Gasteiger partial charge in [0, 0.05) is 4.47 Å². The smallest absolute Gasteiger partial charge is 0.135 e. The fourth-order valence-electron chi connectivity index (χ4n) is 1.62. The molecule has 0 bridgehead atoms. The van der Waals surface area contributed by atoms with E-state index in [0.717, 1.165) is 21.3 Å². The summed E-state index contributed by atoms with van der Waals surface area (Å²) in [6, 6.07) is 13.4. The van der Waals surface area contributed by atoms with Crippen molar-refractivity contribution >= 4 is 15.9 Å². The first kappa shape index (κ1) is 13.5. The van der Waals surface area contributed by atoms with Gasteiger partial charge in [0.25, 0.3) is 0 Å². The fraction of sp³-hybridized carbons (Fsp3) is 0.125. The molecule has 96 valence electrons. The summed E-state index contributed by atoms with van der Waals surface area (Å²) in [4.78, 5) is 0. The molecule has 0 aliphatic carbocycles. The summed E-state index contributed by atoms with van der Waals surface area (Å²) in [6.07, 6.45) is 5.46. The molecule has 0 unspecified atom stereocenters. The van der Waals surface area contributed by atoms with Gasteiger partial charge in [-0.15, -0.1) is 6.42 Å². The van der Waals surface area contributed by atoms with Crippen LogP contribution < -0.4 is 9.47 Å². The van der Waals surface area contributed by atoms with Crippen molar-refractivity contribution in [2.75, 3.05) is 7.11 Å². The first-order chi connectivity index (χ1) is 9.22. The van der Waals surface area contributed by atoms with Gasteiger partial charge < -0.3 is 9.47 Å². The Morgan fingerprint density at radius 2 is 1.89 bits per heavy atom. The van der Waals surface area contributed by atoms with Crippen LogP contribution in [0.1, 0.15) is 11.1 Å². The molecule has 0 heterocycles. The largest absolute Gasteiger partial charge is 0.497 e. The first-order valence-corrected chi connectivity index (χ1v) is 6.54. The summed E-state index contributed by atoms with van der Waals surface area (Å²) in [6.45, 7) is 0.473. The van der Waals surface area contributed by atoms with Gasteiger partial charge in [-0.2, -0.15) is 0 Å². The van der Waals surface area contributed by atoms with Crippen LogP contribution in [0.15, 0.2) is 46.9 Å². The van der Waals surface area contributed by atoms with Crippen molar-refractivity contribution < 1.29 is 9.47 Å². The van der Waals surface area contributed by atoms with Gasteiger partial charge in [-0.05, 0) is 35.9 Å². The zero-order valence-corrected chi connectivity index (χ0v) is 12.1. The zero-order chi connectivity index (χ0) is 13.7. The van der Waals surface area contributed by atoms with Crippen LogP contribution >= 0.6 is 15.9 Å². The van der Waals surface area contributed by atoms with E-state index in [9.17, 15) is 0 Å². The number of methoxy groups -OCH3 is 1. The molecule has 0 aliphatic rings. The van der Waals surface area contributed by atoms with E-state index in [-0.39, 0.29) is 0 Å². The molecule has 0 N–H and O–H groups in total. The van der Waals surface area contributed by atoms with E-state index in [1.807, 2.05) is 42.5 Å². The van der Waals surface area contributed by atoms with Crippen LogP contribution in [0.4, 0.5) is 0 Å². The molecule has 2 rings (SSSR count). The second-order valence-corrected chi connectivity index (χ2v) is 4.84. The minimum atomic E-state index is 0.473. The molecule has 19 heavy (non-hydrogen) atoms. The Bertz CT molecular complexity index is 597. The lowest BCUT2D eigenvalue weighted by Crippen LogP contribution is -1.97. The van der Waals surface area contributed by atoms with Crippen LogP contribution in [0.2, 0.25) is 0 Å². The minimum absolute atomic E-state index is 0.473. The third kappa shape index (κ3) is 3.52. The second kappa shape index (κ2) is 6.31. The van der Waals surface area contributed by atoms with E-state index in [1.54, 1.807) is 7.11 Å². The summed E-state index contributed by atoms with van der Waals surface area (Å²) >= 11 is 3.38. The minimum Gasteiger partial charge on any atom is -0.497 e. The standard InChI is InChI=1S/C16H13BrO2/c1-3-13-10-14(17)6-9-16(13)19-11-12-4-7-15(18-2)8-5-12/h1,4-10H,11H2,2H3. The quantitative estimate of drug-likeness (QED) is 0.793. The third-order valence-corrected chi connectivity index (χ3v) is 3.14. The van der Waals surface area contributed by atoms with E-state index in [0.29, 0.717) is 12.4 Å². The molecule has 0 radical (unpaired) electrons. The summed E-state index contributed by atoms with van der Waals surface area (Å²) in [5.74, 6) is 4.16. The number of ether oxygens (including phenoxy) is 2. The average Bonchev–Trinajstić information content (AvgIpc) is 2.46. The Kier molecular flexibility index (Phi) is 4.48. The van der Waals surface area contributed by atoms with Gasteiger partial charge >= 0.3 is 0 Å². The van der Waals surface area contributed by atoms with Crippen LogP contribution in [0, 0.1) is 12.3 Å². The Morgan fingerprint density at radius 3 is 2.53 bits per heavy atom. The SMILES string of the molecule is C#Cc1cc(Br)ccc1OCc1ccc(OC)cc1. The second-order valence-electron chi connectivity index (χ2n) is 3.92. The Balaban J connectivity index is 2.08. The van der Waals surface area contributed by atoms with Gasteiger partial charge in [-0.25, -0.2) is 0 Å². The van der Waals surface area contributed by atoms with Gasteiger partial charge in [0.1, 0.15) is 18.1 Å². The maximum absolute atomic E-state index is 5.74. The molecule has 0 amide bonds. The van der Waals surface area contributed by atoms with Crippen LogP contribution in [-0.4, -0.2) is 7.11 Å². The van der Waals surface area contributed by atoms with Crippen LogP contribution in [-0.2, 0) is 6.61 Å². The normalized spacial score (nSPS) is 9.74. The number of rotatable bonds is 4. The Morgan fingerprint density at radius 1 is 1.16 bits per heavy atom. The molecule has 2 aromatic carbocycles. The highest BCUT2D eigenvalue weighted by Crippen LogP contribution is 2.23. The monoisotopic (exact) mass is 316 g/mol. The molecule has 0 fully saturated rings. The van der Waals surface area contributed by atoms with Crippen molar-refractivity contribution in [3.63, 3.8) is 0 Å². The molecule has 0 aromatic heterocycles. The van der Waals surface area contributed by atoms with E-state index in [4.69, 9.17) is 15.9 Å². The van der Waals surface area contributed by atoms with Crippen molar-refractivity contribution in [3.8, 4) is 23.8 Å². The molecule has 0 saturated heterocycles. The van der Waals surface area contributed by atoms with Crippen LogP contribution in [0.25, 0.3) is 0 Å². The predicted octanol–water partition coefficient (Wildman–Crippen LogP) is 4.02. The van der Waals surface area contributed by atoms with Crippen molar-refractivity contribution in [2.45, 2.75) is 6.61 Å². The molecule has 2 nitrogen and oxygen atoms in total. The zero-order valence-electron chi connectivity index (χ0n) is 10.5. The van der Waals surface area contributed by atoms with Gasteiger partial charge in [-0.3, -0.25) is 0 Å². The highest BCUT2D eigenvalue weighted by atomic mass is 79.9. The lowest BCUT2D eigenvalue weighted by molar-refractivity contribution is 0.305. The van der Waals surface area contributed by atoms with Crippen molar-refractivity contribution in [2.24, 2.45) is 0 Å². The Hall–Kier alpha value is -1.92. The first-order valence-electron chi connectivity index (χ1n) is 5.75. The van der Waals surface area contributed by atoms with Gasteiger partial charge in [-0.1, -0.05) is 34.0 Å². The maximum atomic E-state index is 5.74. The van der Waals surface area contributed by atoms with Gasteiger partial charge in [0.05, 0.1) is 12.7 Å². The maximum Gasteiger partial charge on any atom is 0.135 e. The molecule has 3 heteroatoms. The lowest BCUT2D eigenvalue weighted by Gasteiger charge is -2.09. The van der Waals surface area contributed by atoms with Crippen molar-refractivity contribution in [1.29, 1.82) is 0 Å². The number of halogens is 1. The topological polar surface area (TPSA) is 18.5 Å². The summed E-state index contributed by atoms with van der Waals surface area (Å²) in [5.41, 5.74) is 1.80. The molecule has 0 aliphatic heterocycles. The lowest BCUT2D eigenvalue weighted by atomic mass is 10.2. The van der Waals surface area contributed by atoms with Crippen molar-refractivity contribution in [3.05, 3.63) is 58.1 Å². The van der Waals surface area contributed by atoms with Crippen molar-refractivity contribution in [1.82, 2.24) is 0 Å². The number of hydrogen-bond donors (Lipinski definition) is 0. The number of hydrogen-bond acceptors (Lipinski definition) is 2. The molecular weight excluding hydrogens is 304 g/mol.